The summed E-state index contributed by atoms with van der Waals surface area (Å²) in [5.41, 5.74) is 0.0225. The van der Waals surface area contributed by atoms with Crippen LogP contribution in [0.5, 0.6) is 5.75 Å². The van der Waals surface area contributed by atoms with E-state index in [1.807, 2.05) is 18.2 Å². The normalized spacial score (nSPS) is 11.0. The molecule has 18 heavy (non-hydrogen) atoms. The predicted molar refractivity (Wildman–Crippen MR) is 77.2 cm³/mol. The van der Waals surface area contributed by atoms with E-state index >= 15 is 0 Å². The minimum absolute atomic E-state index is 0.0225. The second-order valence-electron chi connectivity index (χ2n) is 3.93. The maximum Gasteiger partial charge on any atom is 0.196 e. The van der Waals surface area contributed by atoms with Crippen molar-refractivity contribution in [3.8, 4) is 5.75 Å². The molecule has 0 aliphatic heterocycles. The van der Waals surface area contributed by atoms with Crippen LogP contribution in [-0.4, -0.2) is 7.11 Å². The Kier molecular flexibility index (Phi) is 2.73. The van der Waals surface area contributed by atoms with Gasteiger partial charge in [0.05, 0.1) is 7.11 Å². The minimum Gasteiger partial charge on any atom is -0.497 e. The molecule has 2 aromatic carbocycles. The van der Waals surface area contributed by atoms with E-state index in [1.165, 1.54) is 0 Å². The van der Waals surface area contributed by atoms with E-state index in [-0.39, 0.29) is 5.43 Å². The lowest BCUT2D eigenvalue weighted by molar-refractivity contribution is 0.415. The summed E-state index contributed by atoms with van der Waals surface area (Å²) in [6.07, 6.45) is 0. The van der Waals surface area contributed by atoms with E-state index in [9.17, 15) is 4.79 Å². The number of rotatable bonds is 1. The molecule has 0 bridgehead atoms. The Hall–Kier alpha value is -1.58. The Morgan fingerprint density at radius 1 is 1.06 bits per heavy atom. The lowest BCUT2D eigenvalue weighted by Gasteiger charge is -2.03. The van der Waals surface area contributed by atoms with Crippen molar-refractivity contribution >= 4 is 43.1 Å². The Balaban J connectivity index is 2.48. The van der Waals surface area contributed by atoms with Crippen LogP contribution in [0.2, 0.25) is 5.02 Å². The molecule has 0 N–H and O–H groups in total. The van der Waals surface area contributed by atoms with Crippen molar-refractivity contribution in [2.75, 3.05) is 7.11 Å². The zero-order chi connectivity index (χ0) is 12.7. The summed E-state index contributed by atoms with van der Waals surface area (Å²) in [5.74, 6) is 0.695. The molecule has 90 valence electrons. The van der Waals surface area contributed by atoms with Crippen molar-refractivity contribution in [3.63, 3.8) is 0 Å². The molecule has 4 heteroatoms. The third-order valence-corrected chi connectivity index (χ3v) is 4.21. The first kappa shape index (κ1) is 11.5. The standard InChI is InChI=1S/C14H9ClO2S/c1-17-9-3-5-12-11(7-9)14(16)10-4-2-8(15)6-13(10)18-12/h2-7H,1H3. The van der Waals surface area contributed by atoms with E-state index in [1.54, 1.807) is 36.6 Å². The van der Waals surface area contributed by atoms with Crippen LogP contribution in [-0.2, 0) is 0 Å². The third-order valence-electron chi connectivity index (χ3n) is 2.84. The van der Waals surface area contributed by atoms with Gasteiger partial charge in [0.15, 0.2) is 5.43 Å². The van der Waals surface area contributed by atoms with Gasteiger partial charge in [0.1, 0.15) is 5.75 Å². The molecule has 0 atom stereocenters. The fourth-order valence-electron chi connectivity index (χ4n) is 1.93. The van der Waals surface area contributed by atoms with E-state index < -0.39 is 0 Å². The van der Waals surface area contributed by atoms with Crippen LogP contribution in [0.1, 0.15) is 0 Å². The fraction of sp³-hybridized carbons (Fsp3) is 0.0714. The van der Waals surface area contributed by atoms with Crippen LogP contribution in [0.15, 0.2) is 41.2 Å². The van der Waals surface area contributed by atoms with E-state index in [2.05, 4.69) is 0 Å². The molecule has 3 aromatic rings. The summed E-state index contributed by atoms with van der Waals surface area (Å²) in [7, 11) is 1.59. The van der Waals surface area contributed by atoms with Gasteiger partial charge < -0.3 is 4.74 Å². The molecule has 0 saturated heterocycles. The molecule has 0 fully saturated rings. The van der Waals surface area contributed by atoms with Crippen molar-refractivity contribution in [2.45, 2.75) is 0 Å². The highest BCUT2D eigenvalue weighted by molar-refractivity contribution is 7.24. The third kappa shape index (κ3) is 1.76. The van der Waals surface area contributed by atoms with Gasteiger partial charge in [0.25, 0.3) is 0 Å². The monoisotopic (exact) mass is 276 g/mol. The van der Waals surface area contributed by atoms with E-state index in [4.69, 9.17) is 16.3 Å². The number of benzene rings is 2. The van der Waals surface area contributed by atoms with Crippen LogP contribution in [0.4, 0.5) is 0 Å². The molecule has 1 heterocycles. The Morgan fingerprint density at radius 2 is 1.89 bits per heavy atom. The van der Waals surface area contributed by atoms with Gasteiger partial charge in [0, 0.05) is 25.2 Å². The maximum absolute atomic E-state index is 12.4. The summed E-state index contributed by atoms with van der Waals surface area (Å²) in [6, 6.07) is 10.9. The van der Waals surface area contributed by atoms with Gasteiger partial charge in [-0.3, -0.25) is 4.79 Å². The Labute approximate surface area is 112 Å². The quantitative estimate of drug-likeness (QED) is 0.626. The van der Waals surface area contributed by atoms with Gasteiger partial charge in [-0.25, -0.2) is 0 Å². The second-order valence-corrected chi connectivity index (χ2v) is 5.45. The van der Waals surface area contributed by atoms with Crippen molar-refractivity contribution in [2.24, 2.45) is 0 Å². The van der Waals surface area contributed by atoms with Crippen LogP contribution in [0, 0.1) is 0 Å². The highest BCUT2D eigenvalue weighted by Gasteiger charge is 2.07. The van der Waals surface area contributed by atoms with Crippen LogP contribution >= 0.6 is 22.9 Å². The molecule has 2 nitrogen and oxygen atoms in total. The molecular weight excluding hydrogens is 268 g/mol. The maximum atomic E-state index is 12.4. The van der Waals surface area contributed by atoms with Gasteiger partial charge in [-0.1, -0.05) is 11.6 Å². The van der Waals surface area contributed by atoms with Gasteiger partial charge in [-0.15, -0.1) is 11.3 Å². The summed E-state index contributed by atoms with van der Waals surface area (Å²) >= 11 is 7.51. The fourth-order valence-corrected chi connectivity index (χ4v) is 3.26. The highest BCUT2D eigenvalue weighted by Crippen LogP contribution is 2.28. The molecule has 0 spiro atoms. The molecule has 0 saturated carbocycles. The van der Waals surface area contributed by atoms with E-state index in [0.29, 0.717) is 21.5 Å². The van der Waals surface area contributed by atoms with Gasteiger partial charge >= 0.3 is 0 Å². The lowest BCUT2D eigenvalue weighted by atomic mass is 10.2. The van der Waals surface area contributed by atoms with Crippen molar-refractivity contribution in [3.05, 3.63) is 51.6 Å². The van der Waals surface area contributed by atoms with E-state index in [0.717, 1.165) is 9.40 Å². The molecule has 3 rings (SSSR count). The first-order valence-corrected chi connectivity index (χ1v) is 6.58. The van der Waals surface area contributed by atoms with Gasteiger partial charge in [-0.05, 0) is 36.4 Å². The zero-order valence-corrected chi connectivity index (χ0v) is 11.1. The summed E-state index contributed by atoms with van der Waals surface area (Å²) in [6.45, 7) is 0. The second kappa shape index (κ2) is 4.26. The summed E-state index contributed by atoms with van der Waals surface area (Å²) < 4.78 is 7.00. The topological polar surface area (TPSA) is 26.3 Å². The van der Waals surface area contributed by atoms with Crippen LogP contribution < -0.4 is 10.2 Å². The average molecular weight is 277 g/mol. The average Bonchev–Trinajstić information content (AvgIpc) is 2.38. The van der Waals surface area contributed by atoms with Gasteiger partial charge in [0.2, 0.25) is 0 Å². The number of hydrogen-bond donors (Lipinski definition) is 0. The van der Waals surface area contributed by atoms with Crippen LogP contribution in [0.3, 0.4) is 0 Å². The molecule has 0 amide bonds. The first-order valence-electron chi connectivity index (χ1n) is 5.39. The smallest absolute Gasteiger partial charge is 0.196 e. The molecule has 0 aliphatic carbocycles. The number of ether oxygens (including phenoxy) is 1. The predicted octanol–water partition coefficient (Wildman–Crippen LogP) is 4.08. The molecular formula is C14H9ClO2S. The largest absolute Gasteiger partial charge is 0.497 e. The number of halogens is 1. The summed E-state index contributed by atoms with van der Waals surface area (Å²) in [4.78, 5) is 12.4. The first-order chi connectivity index (χ1) is 8.69. The lowest BCUT2D eigenvalue weighted by Crippen LogP contribution is -2.01. The number of fused-ring (bicyclic) bond motifs is 2. The van der Waals surface area contributed by atoms with Crippen molar-refractivity contribution in [1.82, 2.24) is 0 Å². The SMILES string of the molecule is COc1ccc2sc3cc(Cl)ccc3c(=O)c2c1. The molecule has 0 aliphatic rings. The Morgan fingerprint density at radius 3 is 2.67 bits per heavy atom. The zero-order valence-electron chi connectivity index (χ0n) is 9.57. The molecule has 1 aromatic heterocycles. The number of hydrogen-bond acceptors (Lipinski definition) is 3. The summed E-state index contributed by atoms with van der Waals surface area (Å²) in [5, 5.41) is 2.03. The van der Waals surface area contributed by atoms with Crippen LogP contribution in [0.25, 0.3) is 20.2 Å². The van der Waals surface area contributed by atoms with Crippen molar-refractivity contribution in [1.29, 1.82) is 0 Å². The Bertz CT molecular complexity index is 808. The highest BCUT2D eigenvalue weighted by atomic mass is 35.5. The number of methoxy groups -OCH3 is 1. The van der Waals surface area contributed by atoms with Crippen molar-refractivity contribution < 1.29 is 4.74 Å². The minimum atomic E-state index is 0.0225. The van der Waals surface area contributed by atoms with Gasteiger partial charge in [-0.2, -0.15) is 0 Å². The molecule has 0 unspecified atom stereocenters. The molecule has 0 radical (unpaired) electrons.